The van der Waals surface area contributed by atoms with Gasteiger partial charge in [0.25, 0.3) is 0 Å². The summed E-state index contributed by atoms with van der Waals surface area (Å²) in [6.45, 7) is 9.85. The minimum absolute atomic E-state index is 0.104. The first kappa shape index (κ1) is 16.2. The Hall–Kier alpha value is -0.860. The van der Waals surface area contributed by atoms with Crippen molar-refractivity contribution < 1.29 is 0 Å². The molecule has 108 valence electrons. The van der Waals surface area contributed by atoms with E-state index in [0.29, 0.717) is 12.0 Å². The number of hydrogen-bond acceptors (Lipinski definition) is 2. The van der Waals surface area contributed by atoms with Crippen molar-refractivity contribution in [2.24, 2.45) is 5.73 Å². The summed E-state index contributed by atoms with van der Waals surface area (Å²) in [6.07, 6.45) is 2.37. The zero-order valence-electron chi connectivity index (χ0n) is 13.2. The van der Waals surface area contributed by atoms with Crippen LogP contribution in [0.1, 0.15) is 63.6 Å². The number of rotatable bonds is 7. The van der Waals surface area contributed by atoms with Gasteiger partial charge in [-0.15, -0.1) is 0 Å². The fourth-order valence-corrected chi connectivity index (χ4v) is 2.60. The monoisotopic (exact) mass is 262 g/mol. The molecule has 0 saturated heterocycles. The topological polar surface area (TPSA) is 29.3 Å². The van der Waals surface area contributed by atoms with Crippen LogP contribution in [0.5, 0.6) is 0 Å². The first-order chi connectivity index (χ1) is 8.99. The van der Waals surface area contributed by atoms with Gasteiger partial charge in [-0.3, -0.25) is 0 Å². The van der Waals surface area contributed by atoms with Crippen molar-refractivity contribution in [2.75, 3.05) is 13.6 Å². The molecule has 19 heavy (non-hydrogen) atoms. The maximum Gasteiger partial charge on any atom is 0.0424 e. The summed E-state index contributed by atoms with van der Waals surface area (Å²) in [6, 6.07) is 9.52. The molecule has 1 atom stereocenters. The normalized spacial score (nSPS) is 13.5. The Morgan fingerprint density at radius 1 is 1.00 bits per heavy atom. The lowest BCUT2D eigenvalue weighted by molar-refractivity contribution is 0.217. The zero-order valence-corrected chi connectivity index (χ0v) is 13.2. The molecular weight excluding hydrogens is 232 g/mol. The van der Waals surface area contributed by atoms with Crippen molar-refractivity contribution in [3.8, 4) is 0 Å². The molecule has 0 bridgehead atoms. The summed E-state index contributed by atoms with van der Waals surface area (Å²) in [5.74, 6) is 0.581. The fourth-order valence-electron chi connectivity index (χ4n) is 2.60. The van der Waals surface area contributed by atoms with Crippen molar-refractivity contribution in [1.82, 2.24) is 4.90 Å². The van der Waals surface area contributed by atoms with E-state index < -0.39 is 0 Å². The highest BCUT2D eigenvalue weighted by Crippen LogP contribution is 2.19. The van der Waals surface area contributed by atoms with Crippen LogP contribution in [-0.2, 0) is 0 Å². The van der Waals surface area contributed by atoms with E-state index >= 15 is 0 Å². The van der Waals surface area contributed by atoms with Gasteiger partial charge < -0.3 is 10.6 Å². The van der Waals surface area contributed by atoms with Crippen molar-refractivity contribution in [3.05, 3.63) is 35.4 Å². The van der Waals surface area contributed by atoms with Gasteiger partial charge in [0.15, 0.2) is 0 Å². The molecule has 0 spiro atoms. The lowest BCUT2D eigenvalue weighted by atomic mass is 9.99. The predicted octanol–water partition coefficient (Wildman–Crippen LogP) is 3.93. The minimum Gasteiger partial charge on any atom is -0.323 e. The molecule has 2 N–H and O–H groups in total. The molecule has 0 aromatic heterocycles. The molecule has 0 aliphatic rings. The molecule has 1 unspecified atom stereocenters. The number of nitrogens with zero attached hydrogens (tertiary/aromatic N) is 1. The highest BCUT2D eigenvalue weighted by Gasteiger charge is 2.15. The summed E-state index contributed by atoms with van der Waals surface area (Å²) in [7, 11) is 2.18. The molecule has 0 aliphatic carbocycles. The summed E-state index contributed by atoms with van der Waals surface area (Å²) in [4.78, 5) is 2.39. The third kappa shape index (κ3) is 4.63. The molecule has 1 rings (SSSR count). The van der Waals surface area contributed by atoms with Crippen LogP contribution in [0.2, 0.25) is 0 Å². The van der Waals surface area contributed by atoms with E-state index in [-0.39, 0.29) is 6.04 Å². The van der Waals surface area contributed by atoms with Gasteiger partial charge in [-0.1, -0.05) is 52.0 Å². The number of hydrogen-bond donors (Lipinski definition) is 1. The van der Waals surface area contributed by atoms with Gasteiger partial charge >= 0.3 is 0 Å². The molecule has 1 aromatic rings. The van der Waals surface area contributed by atoms with E-state index in [9.17, 15) is 0 Å². The van der Waals surface area contributed by atoms with E-state index in [1.165, 1.54) is 24.0 Å². The average molecular weight is 262 g/mol. The maximum atomic E-state index is 6.33. The predicted molar refractivity (Wildman–Crippen MR) is 84.5 cm³/mol. The van der Waals surface area contributed by atoms with E-state index in [2.05, 4.69) is 63.9 Å². The summed E-state index contributed by atoms with van der Waals surface area (Å²) < 4.78 is 0. The Morgan fingerprint density at radius 3 is 1.89 bits per heavy atom. The molecule has 2 nitrogen and oxygen atoms in total. The average Bonchev–Trinajstić information content (AvgIpc) is 2.40. The van der Waals surface area contributed by atoms with E-state index in [0.717, 1.165) is 6.54 Å². The Kier molecular flexibility index (Phi) is 6.53. The number of nitrogens with two attached hydrogens (primary N) is 1. The van der Waals surface area contributed by atoms with Crippen LogP contribution < -0.4 is 5.73 Å². The molecule has 0 heterocycles. The van der Waals surface area contributed by atoms with Gasteiger partial charge in [0.05, 0.1) is 0 Å². The van der Waals surface area contributed by atoms with E-state index in [1.807, 2.05) is 0 Å². The quantitative estimate of drug-likeness (QED) is 0.806. The van der Waals surface area contributed by atoms with Crippen molar-refractivity contribution >= 4 is 0 Å². The first-order valence-electron chi connectivity index (χ1n) is 7.55. The number of benzene rings is 1. The SMILES string of the molecule is CCC(CC)N(C)CC(N)c1ccc(C(C)C)cc1. The molecule has 0 aliphatic heterocycles. The van der Waals surface area contributed by atoms with Crippen LogP contribution in [0.25, 0.3) is 0 Å². The highest BCUT2D eigenvalue weighted by molar-refractivity contribution is 5.26. The van der Waals surface area contributed by atoms with E-state index in [4.69, 9.17) is 5.73 Å². The lowest BCUT2D eigenvalue weighted by Crippen LogP contribution is -2.36. The van der Waals surface area contributed by atoms with Crippen molar-refractivity contribution in [1.29, 1.82) is 0 Å². The maximum absolute atomic E-state index is 6.33. The van der Waals surface area contributed by atoms with Crippen LogP contribution in [0.4, 0.5) is 0 Å². The fraction of sp³-hybridized carbons (Fsp3) is 0.647. The second-order valence-corrected chi connectivity index (χ2v) is 5.84. The van der Waals surface area contributed by atoms with Gasteiger partial charge in [-0.25, -0.2) is 0 Å². The smallest absolute Gasteiger partial charge is 0.0424 e. The largest absolute Gasteiger partial charge is 0.323 e. The second kappa shape index (κ2) is 7.66. The summed E-state index contributed by atoms with van der Waals surface area (Å²) in [5, 5.41) is 0. The van der Waals surface area contributed by atoms with Crippen LogP contribution in [0.3, 0.4) is 0 Å². The molecule has 1 aromatic carbocycles. The van der Waals surface area contributed by atoms with Crippen LogP contribution >= 0.6 is 0 Å². The van der Waals surface area contributed by atoms with Gasteiger partial charge in [-0.2, -0.15) is 0 Å². The molecule has 0 fully saturated rings. The Bertz CT molecular complexity index is 352. The number of likely N-dealkylation sites (N-methyl/N-ethyl adjacent to an activating group) is 1. The standard InChI is InChI=1S/C17H30N2/c1-6-16(7-2)19(5)12-17(18)15-10-8-14(9-11-15)13(3)4/h8-11,13,16-17H,6-7,12,18H2,1-5H3. The van der Waals surface area contributed by atoms with Crippen LogP contribution in [0, 0.1) is 0 Å². The second-order valence-electron chi connectivity index (χ2n) is 5.84. The molecule has 0 saturated carbocycles. The Balaban J connectivity index is 2.64. The third-order valence-electron chi connectivity index (χ3n) is 4.08. The van der Waals surface area contributed by atoms with E-state index in [1.54, 1.807) is 0 Å². The van der Waals surface area contributed by atoms with Gasteiger partial charge in [0.1, 0.15) is 0 Å². The molecule has 0 amide bonds. The van der Waals surface area contributed by atoms with Gasteiger partial charge in [0.2, 0.25) is 0 Å². The highest BCUT2D eigenvalue weighted by atomic mass is 15.1. The van der Waals surface area contributed by atoms with Gasteiger partial charge in [-0.05, 0) is 36.9 Å². The lowest BCUT2D eigenvalue weighted by Gasteiger charge is -2.29. The Morgan fingerprint density at radius 2 is 1.47 bits per heavy atom. The third-order valence-corrected chi connectivity index (χ3v) is 4.08. The molecule has 0 radical (unpaired) electrons. The minimum atomic E-state index is 0.104. The van der Waals surface area contributed by atoms with Crippen molar-refractivity contribution in [2.45, 2.75) is 58.5 Å². The molecular formula is C17H30N2. The molecule has 2 heteroatoms. The van der Waals surface area contributed by atoms with Crippen LogP contribution in [0.15, 0.2) is 24.3 Å². The Labute approximate surface area is 119 Å². The van der Waals surface area contributed by atoms with Crippen LogP contribution in [-0.4, -0.2) is 24.5 Å². The first-order valence-corrected chi connectivity index (χ1v) is 7.55. The van der Waals surface area contributed by atoms with Crippen molar-refractivity contribution in [3.63, 3.8) is 0 Å². The summed E-state index contributed by atoms with van der Waals surface area (Å²) >= 11 is 0. The zero-order chi connectivity index (χ0) is 14.4. The van der Waals surface area contributed by atoms with Gasteiger partial charge in [0, 0.05) is 18.6 Å². The summed E-state index contributed by atoms with van der Waals surface area (Å²) in [5.41, 5.74) is 8.94.